The molecule has 0 aliphatic carbocycles. The van der Waals surface area contributed by atoms with E-state index in [1.807, 2.05) is 12.1 Å². The number of hydrogen-bond acceptors (Lipinski definition) is 4. The topological polar surface area (TPSA) is 72.6 Å². The van der Waals surface area contributed by atoms with Crippen LogP contribution in [0.2, 0.25) is 0 Å². The number of sulfonamides is 1. The average Bonchev–Trinajstić information content (AvgIpc) is 2.82. The van der Waals surface area contributed by atoms with E-state index in [1.54, 1.807) is 12.1 Å². The van der Waals surface area contributed by atoms with E-state index in [0.29, 0.717) is 6.04 Å². The number of ether oxygens (including phenoxy) is 1. The van der Waals surface area contributed by atoms with Crippen LogP contribution >= 0.6 is 0 Å². The van der Waals surface area contributed by atoms with Gasteiger partial charge in [-0.05, 0) is 45.0 Å². The third-order valence-electron chi connectivity index (χ3n) is 4.16. The molecule has 0 spiro atoms. The Bertz CT molecular complexity index is 556. The lowest BCUT2D eigenvalue weighted by Gasteiger charge is -2.32. The average molecular weight is 298 g/mol. The van der Waals surface area contributed by atoms with Gasteiger partial charge in [0.15, 0.2) is 0 Å². The third-order valence-corrected chi connectivity index (χ3v) is 5.09. The SMILES string of the molecule is C[C@@H]1OCC[C@H]1N(C)[C@@H](C)c1ccc(S(N)(=O)=O)cc1. The molecule has 1 saturated heterocycles. The molecule has 0 saturated carbocycles. The molecule has 20 heavy (non-hydrogen) atoms. The van der Waals surface area contributed by atoms with Crippen LogP contribution in [0.4, 0.5) is 0 Å². The van der Waals surface area contributed by atoms with Gasteiger partial charge in [-0.15, -0.1) is 0 Å². The predicted octanol–water partition coefficient (Wildman–Crippen LogP) is 1.50. The number of nitrogens with zero attached hydrogens (tertiary/aromatic N) is 1. The maximum absolute atomic E-state index is 11.3. The number of rotatable bonds is 4. The Kier molecular flexibility index (Phi) is 4.49. The monoisotopic (exact) mass is 298 g/mol. The van der Waals surface area contributed by atoms with Crippen molar-refractivity contribution in [1.29, 1.82) is 0 Å². The van der Waals surface area contributed by atoms with Crippen LogP contribution in [0.15, 0.2) is 29.2 Å². The molecule has 1 aromatic rings. The minimum Gasteiger partial charge on any atom is -0.377 e. The quantitative estimate of drug-likeness (QED) is 0.914. The molecule has 1 heterocycles. The summed E-state index contributed by atoms with van der Waals surface area (Å²) in [6, 6.07) is 7.34. The van der Waals surface area contributed by atoms with Gasteiger partial charge in [0, 0.05) is 18.7 Å². The first-order valence-electron chi connectivity index (χ1n) is 6.77. The van der Waals surface area contributed by atoms with Crippen molar-refractivity contribution in [3.8, 4) is 0 Å². The Balaban J connectivity index is 2.14. The van der Waals surface area contributed by atoms with E-state index in [-0.39, 0.29) is 17.0 Å². The van der Waals surface area contributed by atoms with Gasteiger partial charge in [-0.25, -0.2) is 13.6 Å². The highest BCUT2D eigenvalue weighted by atomic mass is 32.2. The molecule has 1 fully saturated rings. The summed E-state index contributed by atoms with van der Waals surface area (Å²) in [5, 5.41) is 5.11. The van der Waals surface area contributed by atoms with Crippen molar-refractivity contribution in [1.82, 2.24) is 4.90 Å². The second-order valence-corrected chi connectivity index (χ2v) is 6.95. The van der Waals surface area contributed by atoms with Gasteiger partial charge < -0.3 is 4.74 Å². The van der Waals surface area contributed by atoms with Crippen LogP contribution in [-0.4, -0.2) is 39.1 Å². The van der Waals surface area contributed by atoms with Crippen molar-refractivity contribution in [3.05, 3.63) is 29.8 Å². The zero-order chi connectivity index (χ0) is 14.9. The van der Waals surface area contributed by atoms with Crippen molar-refractivity contribution in [3.63, 3.8) is 0 Å². The summed E-state index contributed by atoms with van der Waals surface area (Å²) in [5.74, 6) is 0. The highest BCUT2D eigenvalue weighted by Crippen LogP contribution is 2.27. The Morgan fingerprint density at radius 2 is 1.95 bits per heavy atom. The molecule has 3 atom stereocenters. The summed E-state index contributed by atoms with van der Waals surface area (Å²) in [5.41, 5.74) is 1.07. The summed E-state index contributed by atoms with van der Waals surface area (Å²) >= 11 is 0. The third kappa shape index (κ3) is 3.20. The Morgan fingerprint density at radius 3 is 2.40 bits per heavy atom. The molecule has 0 radical (unpaired) electrons. The number of nitrogens with two attached hydrogens (primary N) is 1. The van der Waals surface area contributed by atoms with Crippen LogP contribution in [0.1, 0.15) is 31.9 Å². The maximum atomic E-state index is 11.3. The van der Waals surface area contributed by atoms with Gasteiger partial charge >= 0.3 is 0 Å². The summed E-state index contributed by atoms with van der Waals surface area (Å²) in [4.78, 5) is 2.43. The minimum atomic E-state index is -3.62. The van der Waals surface area contributed by atoms with Crippen LogP contribution in [0.5, 0.6) is 0 Å². The first-order chi connectivity index (χ1) is 9.30. The highest BCUT2D eigenvalue weighted by molar-refractivity contribution is 7.89. The summed E-state index contributed by atoms with van der Waals surface area (Å²) in [7, 11) is -1.55. The van der Waals surface area contributed by atoms with E-state index in [9.17, 15) is 8.42 Å². The normalized spacial score (nSPS) is 25.1. The molecule has 0 unspecified atom stereocenters. The molecule has 2 rings (SSSR count). The Morgan fingerprint density at radius 1 is 1.35 bits per heavy atom. The summed E-state index contributed by atoms with van der Waals surface area (Å²) in [6.45, 7) is 5.00. The number of likely N-dealkylation sites (N-methyl/N-ethyl adjacent to an activating group) is 1. The van der Waals surface area contributed by atoms with Gasteiger partial charge in [-0.3, -0.25) is 4.90 Å². The van der Waals surface area contributed by atoms with E-state index in [0.717, 1.165) is 18.6 Å². The maximum Gasteiger partial charge on any atom is 0.238 e. The van der Waals surface area contributed by atoms with Crippen LogP contribution < -0.4 is 5.14 Å². The largest absolute Gasteiger partial charge is 0.377 e. The molecule has 5 nitrogen and oxygen atoms in total. The molecule has 0 amide bonds. The van der Waals surface area contributed by atoms with Crippen LogP contribution in [0, 0.1) is 0 Å². The second-order valence-electron chi connectivity index (χ2n) is 5.39. The van der Waals surface area contributed by atoms with Gasteiger partial charge in [-0.1, -0.05) is 12.1 Å². The van der Waals surface area contributed by atoms with Crippen LogP contribution in [0.25, 0.3) is 0 Å². The molecule has 1 aromatic carbocycles. The molecule has 6 heteroatoms. The fraction of sp³-hybridized carbons (Fsp3) is 0.571. The van der Waals surface area contributed by atoms with Crippen LogP contribution in [0.3, 0.4) is 0 Å². The van der Waals surface area contributed by atoms with Crippen molar-refractivity contribution in [2.75, 3.05) is 13.7 Å². The first kappa shape index (κ1) is 15.4. The highest BCUT2D eigenvalue weighted by Gasteiger charge is 2.30. The molecular weight excluding hydrogens is 276 g/mol. The Hall–Kier alpha value is -0.950. The number of primary sulfonamides is 1. The lowest BCUT2D eigenvalue weighted by molar-refractivity contribution is 0.0704. The lowest BCUT2D eigenvalue weighted by atomic mass is 10.0. The fourth-order valence-electron chi connectivity index (χ4n) is 2.71. The standard InChI is InChI=1S/C14H22N2O3S/c1-10(16(3)14-8-9-19-11(14)2)12-4-6-13(7-5-12)20(15,17)18/h4-7,10-11,14H,8-9H2,1-3H3,(H2,15,17,18)/t10-,11-,14+/m0/s1. The molecule has 2 N–H and O–H groups in total. The number of benzene rings is 1. The van der Waals surface area contributed by atoms with Gasteiger partial charge in [0.25, 0.3) is 0 Å². The first-order valence-corrected chi connectivity index (χ1v) is 8.31. The smallest absolute Gasteiger partial charge is 0.238 e. The van der Waals surface area contributed by atoms with E-state index in [1.165, 1.54) is 0 Å². The van der Waals surface area contributed by atoms with E-state index >= 15 is 0 Å². The van der Waals surface area contributed by atoms with Gasteiger partial charge in [0.1, 0.15) is 0 Å². The molecule has 0 aromatic heterocycles. The molecule has 0 bridgehead atoms. The molecule has 1 aliphatic rings. The molecular formula is C14H22N2O3S. The van der Waals surface area contributed by atoms with E-state index in [2.05, 4.69) is 25.8 Å². The van der Waals surface area contributed by atoms with Crippen molar-refractivity contribution < 1.29 is 13.2 Å². The molecule has 1 aliphatic heterocycles. The van der Waals surface area contributed by atoms with Gasteiger partial charge in [0.2, 0.25) is 10.0 Å². The zero-order valence-corrected chi connectivity index (χ0v) is 12.9. The molecule has 112 valence electrons. The number of hydrogen-bond donors (Lipinski definition) is 1. The van der Waals surface area contributed by atoms with E-state index in [4.69, 9.17) is 9.88 Å². The summed E-state index contributed by atoms with van der Waals surface area (Å²) < 4.78 is 28.1. The van der Waals surface area contributed by atoms with Crippen LogP contribution in [-0.2, 0) is 14.8 Å². The van der Waals surface area contributed by atoms with Crippen molar-refractivity contribution >= 4 is 10.0 Å². The Labute approximate surface area is 120 Å². The van der Waals surface area contributed by atoms with E-state index < -0.39 is 10.0 Å². The fourth-order valence-corrected chi connectivity index (χ4v) is 3.23. The summed E-state index contributed by atoms with van der Waals surface area (Å²) in [6.07, 6.45) is 1.25. The second kappa shape index (κ2) is 5.81. The minimum absolute atomic E-state index is 0.147. The zero-order valence-electron chi connectivity index (χ0n) is 12.1. The predicted molar refractivity (Wildman–Crippen MR) is 77.8 cm³/mol. The van der Waals surface area contributed by atoms with Crippen molar-refractivity contribution in [2.45, 2.75) is 43.4 Å². The van der Waals surface area contributed by atoms with Gasteiger partial charge in [0.05, 0.1) is 11.0 Å². The van der Waals surface area contributed by atoms with Crippen molar-refractivity contribution in [2.24, 2.45) is 5.14 Å². The lowest BCUT2D eigenvalue weighted by Crippen LogP contribution is -2.38. The van der Waals surface area contributed by atoms with Gasteiger partial charge in [-0.2, -0.15) is 0 Å².